The van der Waals surface area contributed by atoms with Crippen LogP contribution in [0.5, 0.6) is 0 Å². The first-order valence-electron chi connectivity index (χ1n) is 6.78. The van der Waals surface area contributed by atoms with Crippen molar-refractivity contribution in [1.29, 1.82) is 0 Å². The zero-order chi connectivity index (χ0) is 16.1. The Kier molecular flexibility index (Phi) is 4.44. The number of rotatable bonds is 4. The van der Waals surface area contributed by atoms with Crippen LogP contribution in [0.4, 0.5) is 5.69 Å². The predicted molar refractivity (Wildman–Crippen MR) is 90.3 cm³/mol. The molecule has 0 saturated heterocycles. The maximum absolute atomic E-state index is 12.3. The van der Waals surface area contributed by atoms with Crippen molar-refractivity contribution >= 4 is 23.5 Å². The average Bonchev–Trinajstić information content (AvgIpc) is 2.60. The number of nitrogens with one attached hydrogen (secondary N) is 1. The Balaban J connectivity index is 1.84. The standard InChI is InChI=1S/C16H12ClN5O/c17-15-14(21-19-10-12-5-4-8-18-9-12)11-20-22(16(15)23)13-6-2-1-3-7-13/h1-11,21H/b19-10-. The lowest BCUT2D eigenvalue weighted by atomic mass is 10.3. The second kappa shape index (κ2) is 6.85. The summed E-state index contributed by atoms with van der Waals surface area (Å²) >= 11 is 6.11. The van der Waals surface area contributed by atoms with E-state index in [9.17, 15) is 4.79 Å². The van der Waals surface area contributed by atoms with Gasteiger partial charge in [-0.25, -0.2) is 0 Å². The lowest BCUT2D eigenvalue weighted by Gasteiger charge is -2.07. The van der Waals surface area contributed by atoms with Gasteiger partial charge in [0.2, 0.25) is 0 Å². The van der Waals surface area contributed by atoms with E-state index < -0.39 is 5.56 Å². The minimum Gasteiger partial charge on any atom is -0.275 e. The van der Waals surface area contributed by atoms with E-state index in [1.807, 2.05) is 24.3 Å². The third-order valence-electron chi connectivity index (χ3n) is 3.00. The monoisotopic (exact) mass is 325 g/mol. The lowest BCUT2D eigenvalue weighted by molar-refractivity contribution is 0.808. The summed E-state index contributed by atoms with van der Waals surface area (Å²) in [6.07, 6.45) is 6.37. The van der Waals surface area contributed by atoms with Crippen LogP contribution in [0.2, 0.25) is 5.02 Å². The number of hydrogen-bond donors (Lipinski definition) is 1. The van der Waals surface area contributed by atoms with Gasteiger partial charge < -0.3 is 0 Å². The highest BCUT2D eigenvalue weighted by Crippen LogP contribution is 2.16. The second-order valence-corrected chi connectivity index (χ2v) is 4.96. The zero-order valence-electron chi connectivity index (χ0n) is 11.9. The smallest absolute Gasteiger partial charge is 0.275 e. The summed E-state index contributed by atoms with van der Waals surface area (Å²) in [5.41, 5.74) is 4.10. The van der Waals surface area contributed by atoms with Crippen molar-refractivity contribution in [2.75, 3.05) is 5.43 Å². The molecule has 0 unspecified atom stereocenters. The van der Waals surface area contributed by atoms with Crippen LogP contribution in [0.25, 0.3) is 5.69 Å². The Labute approximate surface area is 137 Å². The number of benzene rings is 1. The molecule has 0 aliphatic heterocycles. The summed E-state index contributed by atoms with van der Waals surface area (Å²) in [6, 6.07) is 12.7. The largest absolute Gasteiger partial charge is 0.292 e. The van der Waals surface area contributed by atoms with Crippen molar-refractivity contribution < 1.29 is 0 Å². The van der Waals surface area contributed by atoms with Gasteiger partial charge in [-0.05, 0) is 18.2 Å². The van der Waals surface area contributed by atoms with Crippen LogP contribution in [0.3, 0.4) is 0 Å². The second-order valence-electron chi connectivity index (χ2n) is 4.58. The summed E-state index contributed by atoms with van der Waals surface area (Å²) in [5, 5.41) is 8.16. The molecule has 23 heavy (non-hydrogen) atoms. The minimum absolute atomic E-state index is 0.0205. The molecule has 3 rings (SSSR count). The molecule has 1 aromatic carbocycles. The fraction of sp³-hybridized carbons (Fsp3) is 0. The van der Waals surface area contributed by atoms with Gasteiger partial charge in [0.05, 0.1) is 18.1 Å². The van der Waals surface area contributed by atoms with Crippen LogP contribution in [-0.4, -0.2) is 21.0 Å². The van der Waals surface area contributed by atoms with Crippen LogP contribution in [0.15, 0.2) is 71.0 Å². The van der Waals surface area contributed by atoms with Crippen molar-refractivity contribution in [2.45, 2.75) is 0 Å². The summed E-state index contributed by atoms with van der Waals surface area (Å²) in [7, 11) is 0. The molecule has 0 aliphatic rings. The van der Waals surface area contributed by atoms with Gasteiger partial charge >= 0.3 is 0 Å². The molecular formula is C16H12ClN5O. The van der Waals surface area contributed by atoms with Gasteiger partial charge in [-0.3, -0.25) is 15.2 Å². The zero-order valence-corrected chi connectivity index (χ0v) is 12.7. The van der Waals surface area contributed by atoms with Gasteiger partial charge in [0, 0.05) is 18.0 Å². The van der Waals surface area contributed by atoms with Crippen LogP contribution in [0, 0.1) is 0 Å². The molecule has 114 valence electrons. The average molecular weight is 326 g/mol. The van der Waals surface area contributed by atoms with E-state index in [2.05, 4.69) is 20.6 Å². The van der Waals surface area contributed by atoms with Gasteiger partial charge in [-0.2, -0.15) is 14.9 Å². The van der Waals surface area contributed by atoms with Crippen LogP contribution < -0.4 is 11.0 Å². The van der Waals surface area contributed by atoms with E-state index >= 15 is 0 Å². The molecule has 1 N–H and O–H groups in total. The van der Waals surface area contributed by atoms with Crippen LogP contribution in [-0.2, 0) is 0 Å². The van der Waals surface area contributed by atoms with E-state index in [-0.39, 0.29) is 5.02 Å². The number of nitrogens with zero attached hydrogens (tertiary/aromatic N) is 4. The molecule has 2 aromatic heterocycles. The number of hydrogen-bond acceptors (Lipinski definition) is 5. The lowest BCUT2D eigenvalue weighted by Crippen LogP contribution is -2.22. The number of anilines is 1. The van der Waals surface area contributed by atoms with Gasteiger partial charge in [-0.15, -0.1) is 0 Å². The maximum Gasteiger partial charge on any atom is 0.292 e. The molecule has 0 bridgehead atoms. The summed E-state index contributed by atoms with van der Waals surface area (Å²) in [5.74, 6) is 0. The van der Waals surface area contributed by atoms with Crippen molar-refractivity contribution in [2.24, 2.45) is 5.10 Å². The fourth-order valence-corrected chi connectivity index (χ4v) is 2.06. The molecule has 0 saturated carbocycles. The summed E-state index contributed by atoms with van der Waals surface area (Å²) in [6.45, 7) is 0. The van der Waals surface area contributed by atoms with Crippen molar-refractivity contribution in [3.63, 3.8) is 0 Å². The highest BCUT2D eigenvalue weighted by molar-refractivity contribution is 6.32. The Hall–Kier alpha value is -2.99. The van der Waals surface area contributed by atoms with Gasteiger partial charge in [0.15, 0.2) is 0 Å². The highest BCUT2D eigenvalue weighted by atomic mass is 35.5. The SMILES string of the molecule is O=c1c(Cl)c(N/N=C\c2cccnc2)cnn1-c1ccccc1. The van der Waals surface area contributed by atoms with Crippen molar-refractivity contribution in [3.05, 3.63) is 82.0 Å². The number of hydrazone groups is 1. The van der Waals surface area contributed by atoms with E-state index in [4.69, 9.17) is 11.6 Å². The third-order valence-corrected chi connectivity index (χ3v) is 3.37. The Morgan fingerprint density at radius 1 is 1.13 bits per heavy atom. The first-order chi connectivity index (χ1) is 11.3. The number of pyridine rings is 1. The molecule has 0 atom stereocenters. The molecule has 7 heteroatoms. The molecule has 0 aliphatic carbocycles. The molecule has 3 aromatic rings. The molecule has 6 nitrogen and oxygen atoms in total. The molecule has 0 spiro atoms. The first-order valence-corrected chi connectivity index (χ1v) is 7.16. The normalized spacial score (nSPS) is 10.8. The maximum atomic E-state index is 12.3. The topological polar surface area (TPSA) is 72.2 Å². The third kappa shape index (κ3) is 3.44. The molecular weight excluding hydrogens is 314 g/mol. The van der Waals surface area contributed by atoms with E-state index in [1.54, 1.807) is 36.8 Å². The summed E-state index contributed by atoms with van der Waals surface area (Å²) < 4.78 is 1.23. The first kappa shape index (κ1) is 14.9. The van der Waals surface area contributed by atoms with Gasteiger partial charge in [0.1, 0.15) is 10.7 Å². The summed E-state index contributed by atoms with van der Waals surface area (Å²) in [4.78, 5) is 16.3. The molecule has 0 radical (unpaired) electrons. The predicted octanol–water partition coefficient (Wildman–Crippen LogP) is 2.73. The molecule has 0 fully saturated rings. The van der Waals surface area contributed by atoms with E-state index in [1.165, 1.54) is 10.9 Å². The Morgan fingerprint density at radius 3 is 2.70 bits per heavy atom. The quantitative estimate of drug-likeness (QED) is 0.591. The van der Waals surface area contributed by atoms with Crippen LogP contribution in [0.1, 0.15) is 5.56 Å². The van der Waals surface area contributed by atoms with Crippen molar-refractivity contribution in [1.82, 2.24) is 14.8 Å². The number of para-hydroxylation sites is 1. The Morgan fingerprint density at radius 2 is 1.96 bits per heavy atom. The van der Waals surface area contributed by atoms with Crippen LogP contribution >= 0.6 is 11.6 Å². The van der Waals surface area contributed by atoms with Crippen molar-refractivity contribution in [3.8, 4) is 5.69 Å². The number of aromatic nitrogens is 3. The molecule has 2 heterocycles. The van der Waals surface area contributed by atoms with Gasteiger partial charge in [0.25, 0.3) is 5.56 Å². The van der Waals surface area contributed by atoms with E-state index in [0.717, 1.165) is 5.56 Å². The van der Waals surface area contributed by atoms with Gasteiger partial charge in [-0.1, -0.05) is 35.9 Å². The minimum atomic E-state index is -0.417. The fourth-order valence-electron chi connectivity index (χ4n) is 1.89. The molecule has 0 amide bonds. The Bertz CT molecular complexity index is 878. The number of halogens is 1. The van der Waals surface area contributed by atoms with E-state index in [0.29, 0.717) is 11.4 Å². The highest BCUT2D eigenvalue weighted by Gasteiger charge is 2.09.